The van der Waals surface area contributed by atoms with Crippen LogP contribution in [-0.4, -0.2) is 32.5 Å². The smallest absolute Gasteiger partial charge is 0.266 e. The molecule has 2 aliphatic rings. The van der Waals surface area contributed by atoms with Gasteiger partial charge in [0.2, 0.25) is 0 Å². The Morgan fingerprint density at radius 3 is 2.75 bits per heavy atom. The Kier molecular flexibility index (Phi) is 1.22. The molecular formula is C4H4N4O3S. The molecule has 0 bridgehead atoms. The predicted octanol–water partition coefficient (Wildman–Crippen LogP) is -2.24. The lowest BCUT2D eigenvalue weighted by Gasteiger charge is -2.14. The largest absolute Gasteiger partial charge is 0.325 e. The number of aliphatic imine (C=N–C) groups is 2. The van der Waals surface area contributed by atoms with Crippen molar-refractivity contribution in [3.05, 3.63) is 0 Å². The highest BCUT2D eigenvalue weighted by molar-refractivity contribution is 7.89. The zero-order chi connectivity index (χ0) is 8.77. The summed E-state index contributed by atoms with van der Waals surface area (Å²) < 4.78 is 25.4. The summed E-state index contributed by atoms with van der Waals surface area (Å²) >= 11 is 0. The van der Waals surface area contributed by atoms with Gasteiger partial charge in [-0.1, -0.05) is 0 Å². The summed E-state index contributed by atoms with van der Waals surface area (Å²) in [4.78, 5) is 18.3. The lowest BCUT2D eigenvalue weighted by molar-refractivity contribution is -0.113. The van der Waals surface area contributed by atoms with Gasteiger partial charge in [0, 0.05) is 0 Å². The van der Waals surface area contributed by atoms with E-state index in [9.17, 15) is 13.2 Å². The standard InChI is InChI=1S/C4H4N4O3S/c9-4-2-3(6-1-5-2)7-12(10,11)8-4/h1H2,(H,6,7)(H,8,9). The molecule has 0 radical (unpaired) electrons. The fourth-order valence-electron chi connectivity index (χ4n) is 0.910. The fourth-order valence-corrected chi connectivity index (χ4v) is 1.72. The van der Waals surface area contributed by atoms with Crippen molar-refractivity contribution in [1.29, 1.82) is 0 Å². The number of nitrogens with one attached hydrogen (secondary N) is 2. The van der Waals surface area contributed by atoms with E-state index in [0.29, 0.717) is 0 Å². The van der Waals surface area contributed by atoms with Crippen LogP contribution in [0.2, 0.25) is 0 Å². The number of amides is 1. The first-order valence-electron chi connectivity index (χ1n) is 3.03. The topological polar surface area (TPSA) is 100.0 Å². The Balaban J connectivity index is 2.47. The van der Waals surface area contributed by atoms with Crippen LogP contribution in [0.3, 0.4) is 0 Å². The molecule has 2 heterocycles. The molecule has 12 heavy (non-hydrogen) atoms. The van der Waals surface area contributed by atoms with Crippen molar-refractivity contribution >= 4 is 27.7 Å². The molecular weight excluding hydrogens is 184 g/mol. The van der Waals surface area contributed by atoms with Crippen LogP contribution in [-0.2, 0) is 15.0 Å². The number of hydrogen-bond acceptors (Lipinski definition) is 5. The van der Waals surface area contributed by atoms with Crippen LogP contribution >= 0.6 is 0 Å². The van der Waals surface area contributed by atoms with Crippen LogP contribution in [0.15, 0.2) is 9.98 Å². The van der Waals surface area contributed by atoms with Crippen molar-refractivity contribution in [1.82, 2.24) is 9.44 Å². The SMILES string of the molecule is O=C1NS(=O)(=O)NC2=NCN=C12. The van der Waals surface area contributed by atoms with Gasteiger partial charge in [-0.15, -0.1) is 0 Å². The van der Waals surface area contributed by atoms with Crippen molar-refractivity contribution < 1.29 is 13.2 Å². The van der Waals surface area contributed by atoms with E-state index < -0.39 is 16.1 Å². The molecule has 1 fully saturated rings. The Morgan fingerprint density at radius 1 is 1.25 bits per heavy atom. The van der Waals surface area contributed by atoms with Gasteiger partial charge >= 0.3 is 10.2 Å². The van der Waals surface area contributed by atoms with E-state index in [0.717, 1.165) is 0 Å². The third-order valence-electron chi connectivity index (χ3n) is 1.36. The maximum absolute atomic E-state index is 10.9. The van der Waals surface area contributed by atoms with Gasteiger partial charge in [-0.3, -0.25) is 9.79 Å². The van der Waals surface area contributed by atoms with E-state index in [1.54, 1.807) is 4.72 Å². The first kappa shape index (κ1) is 7.22. The van der Waals surface area contributed by atoms with Crippen molar-refractivity contribution in [2.45, 2.75) is 0 Å². The van der Waals surface area contributed by atoms with Gasteiger partial charge in [-0.25, -0.2) is 14.4 Å². The second-order valence-corrected chi connectivity index (χ2v) is 3.61. The number of carbonyl (C=O) groups is 1. The zero-order valence-corrected chi connectivity index (χ0v) is 6.55. The number of carbonyl (C=O) groups excluding carboxylic acids is 1. The minimum Gasteiger partial charge on any atom is -0.266 e. The summed E-state index contributed by atoms with van der Waals surface area (Å²) in [7, 11) is -3.75. The third kappa shape index (κ3) is 0.961. The summed E-state index contributed by atoms with van der Waals surface area (Å²) in [5.74, 6) is -0.705. The van der Waals surface area contributed by atoms with Gasteiger partial charge in [-0.05, 0) is 0 Å². The molecule has 64 valence electrons. The molecule has 1 amide bonds. The molecule has 0 spiro atoms. The molecule has 8 heteroatoms. The number of hydrogen-bond donors (Lipinski definition) is 2. The van der Waals surface area contributed by atoms with Crippen molar-refractivity contribution in [2.75, 3.05) is 6.67 Å². The average molecular weight is 188 g/mol. The molecule has 2 N–H and O–H groups in total. The highest BCUT2D eigenvalue weighted by Crippen LogP contribution is 2.00. The first-order chi connectivity index (χ1) is 5.58. The van der Waals surface area contributed by atoms with Crippen LogP contribution in [0.4, 0.5) is 0 Å². The molecule has 0 saturated carbocycles. The Hall–Kier alpha value is -1.44. The molecule has 0 aromatic heterocycles. The highest BCUT2D eigenvalue weighted by Gasteiger charge is 2.33. The van der Waals surface area contributed by atoms with Crippen LogP contribution in [0, 0.1) is 0 Å². The maximum Gasteiger partial charge on any atom is 0.325 e. The number of amidine groups is 1. The maximum atomic E-state index is 10.9. The summed E-state index contributed by atoms with van der Waals surface area (Å²) in [5.41, 5.74) is 0.0461. The lowest BCUT2D eigenvalue weighted by Crippen LogP contribution is -2.55. The highest BCUT2D eigenvalue weighted by atomic mass is 32.2. The van der Waals surface area contributed by atoms with E-state index in [2.05, 4.69) is 9.98 Å². The van der Waals surface area contributed by atoms with E-state index in [1.807, 2.05) is 4.72 Å². The van der Waals surface area contributed by atoms with Crippen LogP contribution in [0.5, 0.6) is 0 Å². The van der Waals surface area contributed by atoms with Gasteiger partial charge in [0.25, 0.3) is 5.91 Å². The fraction of sp³-hybridized carbons (Fsp3) is 0.250. The van der Waals surface area contributed by atoms with Gasteiger partial charge in [0.1, 0.15) is 6.67 Å². The Bertz CT molecular complexity index is 406. The molecule has 2 rings (SSSR count). The molecule has 0 atom stereocenters. The molecule has 0 aliphatic carbocycles. The molecule has 0 aromatic carbocycles. The molecule has 1 saturated heterocycles. The molecule has 0 unspecified atom stereocenters. The number of fused-ring (bicyclic) bond motifs is 1. The minimum absolute atomic E-state index is 0.0266. The van der Waals surface area contributed by atoms with E-state index >= 15 is 0 Å². The second-order valence-electron chi connectivity index (χ2n) is 2.19. The summed E-state index contributed by atoms with van der Waals surface area (Å²) in [6.07, 6.45) is 0. The van der Waals surface area contributed by atoms with Gasteiger partial charge < -0.3 is 0 Å². The molecule has 2 aliphatic heterocycles. The van der Waals surface area contributed by atoms with Gasteiger partial charge in [0.05, 0.1) is 0 Å². The van der Waals surface area contributed by atoms with Crippen molar-refractivity contribution in [3.8, 4) is 0 Å². The number of nitrogens with zero attached hydrogens (tertiary/aromatic N) is 2. The minimum atomic E-state index is -3.75. The molecule has 7 nitrogen and oxygen atoms in total. The van der Waals surface area contributed by atoms with Gasteiger partial charge in [-0.2, -0.15) is 8.42 Å². The monoisotopic (exact) mass is 188 g/mol. The van der Waals surface area contributed by atoms with E-state index in [-0.39, 0.29) is 18.2 Å². The quantitative estimate of drug-likeness (QED) is 0.449. The summed E-state index contributed by atoms with van der Waals surface area (Å²) in [5, 5.41) is 0. The van der Waals surface area contributed by atoms with Crippen LogP contribution < -0.4 is 9.44 Å². The predicted molar refractivity (Wildman–Crippen MR) is 39.9 cm³/mol. The summed E-state index contributed by atoms with van der Waals surface area (Å²) in [6.45, 7) is 0.0978. The van der Waals surface area contributed by atoms with Crippen molar-refractivity contribution in [2.24, 2.45) is 9.98 Å². The Morgan fingerprint density at radius 2 is 2.00 bits per heavy atom. The third-order valence-corrected chi connectivity index (χ3v) is 2.27. The Labute approximate surface area is 67.8 Å². The van der Waals surface area contributed by atoms with Crippen LogP contribution in [0.25, 0.3) is 0 Å². The lowest BCUT2D eigenvalue weighted by atomic mass is 10.3. The zero-order valence-electron chi connectivity index (χ0n) is 5.73. The second kappa shape index (κ2) is 2.03. The number of rotatable bonds is 0. The van der Waals surface area contributed by atoms with Crippen molar-refractivity contribution in [3.63, 3.8) is 0 Å². The normalized spacial score (nSPS) is 24.8. The van der Waals surface area contributed by atoms with Gasteiger partial charge in [0.15, 0.2) is 11.5 Å². The van der Waals surface area contributed by atoms with E-state index in [1.165, 1.54) is 0 Å². The average Bonchev–Trinajstić information content (AvgIpc) is 2.31. The van der Waals surface area contributed by atoms with E-state index in [4.69, 9.17) is 0 Å². The summed E-state index contributed by atoms with van der Waals surface area (Å²) in [6, 6.07) is 0. The molecule has 0 aromatic rings. The first-order valence-corrected chi connectivity index (χ1v) is 4.51. The van der Waals surface area contributed by atoms with Crippen LogP contribution in [0.1, 0.15) is 0 Å².